The molecule has 1 aliphatic rings. The lowest BCUT2D eigenvalue weighted by Crippen LogP contribution is -2.22. The smallest absolute Gasteiger partial charge is 0.0507 e. The molecule has 1 N–H and O–H groups in total. The van der Waals surface area contributed by atoms with Crippen molar-refractivity contribution in [2.45, 2.75) is 32.7 Å². The van der Waals surface area contributed by atoms with Crippen LogP contribution in [0.3, 0.4) is 0 Å². The summed E-state index contributed by atoms with van der Waals surface area (Å²) in [5.74, 6) is 1.32. The summed E-state index contributed by atoms with van der Waals surface area (Å²) in [6.07, 6.45) is 1.21. The molecule has 0 radical (unpaired) electrons. The summed E-state index contributed by atoms with van der Waals surface area (Å²) < 4.78 is 5.37. The van der Waals surface area contributed by atoms with Crippen molar-refractivity contribution in [3.8, 4) is 0 Å². The molecule has 17 heavy (non-hydrogen) atoms. The summed E-state index contributed by atoms with van der Waals surface area (Å²) >= 11 is 0. The van der Waals surface area contributed by atoms with Crippen molar-refractivity contribution in [1.82, 2.24) is 5.32 Å². The van der Waals surface area contributed by atoms with E-state index in [1.54, 1.807) is 0 Å². The van der Waals surface area contributed by atoms with E-state index in [4.69, 9.17) is 4.74 Å². The third-order valence-corrected chi connectivity index (χ3v) is 3.40. The Labute approximate surface area is 104 Å². The van der Waals surface area contributed by atoms with Crippen molar-refractivity contribution >= 4 is 0 Å². The van der Waals surface area contributed by atoms with Gasteiger partial charge in [0.15, 0.2) is 0 Å². The first-order valence-corrected chi connectivity index (χ1v) is 6.63. The Bertz CT molecular complexity index is 343. The molecule has 2 heteroatoms. The second-order valence-electron chi connectivity index (χ2n) is 5.26. The van der Waals surface area contributed by atoms with Crippen LogP contribution in [0.5, 0.6) is 0 Å². The van der Waals surface area contributed by atoms with Gasteiger partial charge in [0.1, 0.15) is 0 Å². The van der Waals surface area contributed by atoms with Crippen LogP contribution in [-0.4, -0.2) is 19.8 Å². The second kappa shape index (κ2) is 6.18. The highest BCUT2D eigenvalue weighted by Crippen LogP contribution is 2.16. The Balaban J connectivity index is 1.79. The minimum absolute atomic E-state index is 0.609. The van der Waals surface area contributed by atoms with Gasteiger partial charge in [0.05, 0.1) is 6.61 Å². The monoisotopic (exact) mass is 233 g/mol. The van der Waals surface area contributed by atoms with Gasteiger partial charge in [-0.25, -0.2) is 0 Å². The lowest BCUT2D eigenvalue weighted by Gasteiger charge is -2.11. The van der Waals surface area contributed by atoms with Gasteiger partial charge in [-0.15, -0.1) is 0 Å². The van der Waals surface area contributed by atoms with E-state index in [9.17, 15) is 0 Å². The Kier molecular flexibility index (Phi) is 4.57. The van der Waals surface area contributed by atoms with E-state index in [0.29, 0.717) is 11.8 Å². The minimum atomic E-state index is 0.609. The molecule has 1 fully saturated rings. The number of ether oxygens (including phenoxy) is 1. The molecule has 1 aromatic carbocycles. The summed E-state index contributed by atoms with van der Waals surface area (Å²) in [5, 5.41) is 3.53. The van der Waals surface area contributed by atoms with E-state index in [1.807, 2.05) is 0 Å². The Morgan fingerprint density at radius 2 is 2.29 bits per heavy atom. The van der Waals surface area contributed by atoms with Gasteiger partial charge >= 0.3 is 0 Å². The molecule has 1 saturated heterocycles. The Morgan fingerprint density at radius 3 is 3.00 bits per heavy atom. The van der Waals surface area contributed by atoms with E-state index < -0.39 is 0 Å². The molecular formula is C15H23NO. The van der Waals surface area contributed by atoms with Crippen LogP contribution in [0.2, 0.25) is 0 Å². The maximum Gasteiger partial charge on any atom is 0.0507 e. The predicted octanol–water partition coefficient (Wildman–Crippen LogP) is 2.94. The summed E-state index contributed by atoms with van der Waals surface area (Å²) in [4.78, 5) is 0. The van der Waals surface area contributed by atoms with Crippen molar-refractivity contribution < 1.29 is 4.74 Å². The number of benzene rings is 1. The Morgan fingerprint density at radius 1 is 1.41 bits per heavy atom. The number of nitrogens with one attached hydrogen (secondary N) is 1. The van der Waals surface area contributed by atoms with E-state index in [2.05, 4.69) is 43.4 Å². The highest BCUT2D eigenvalue weighted by Gasteiger charge is 2.14. The molecular weight excluding hydrogens is 210 g/mol. The molecule has 0 amide bonds. The van der Waals surface area contributed by atoms with Crippen molar-refractivity contribution in [2.75, 3.05) is 19.8 Å². The topological polar surface area (TPSA) is 21.3 Å². The standard InChI is InChI=1S/C15H23NO/c1-12(2)15-5-3-4-13(8-15)9-16-10-14-6-7-17-11-14/h3-5,8,12,14,16H,6-7,9-11H2,1-2H3. The van der Waals surface area contributed by atoms with Gasteiger partial charge in [-0.1, -0.05) is 38.1 Å². The lowest BCUT2D eigenvalue weighted by molar-refractivity contribution is 0.185. The van der Waals surface area contributed by atoms with Crippen molar-refractivity contribution in [1.29, 1.82) is 0 Å². The maximum absolute atomic E-state index is 5.37. The molecule has 0 spiro atoms. The van der Waals surface area contributed by atoms with E-state index in [1.165, 1.54) is 17.5 Å². The Hall–Kier alpha value is -0.860. The van der Waals surface area contributed by atoms with Crippen molar-refractivity contribution in [3.05, 3.63) is 35.4 Å². The van der Waals surface area contributed by atoms with Crippen molar-refractivity contribution in [2.24, 2.45) is 5.92 Å². The van der Waals surface area contributed by atoms with E-state index in [0.717, 1.165) is 26.3 Å². The van der Waals surface area contributed by atoms with Crippen LogP contribution in [0.25, 0.3) is 0 Å². The third kappa shape index (κ3) is 3.83. The van der Waals surface area contributed by atoms with Gasteiger partial charge in [-0.3, -0.25) is 0 Å². The zero-order valence-electron chi connectivity index (χ0n) is 10.9. The zero-order chi connectivity index (χ0) is 12.1. The molecule has 0 saturated carbocycles. The number of hydrogen-bond donors (Lipinski definition) is 1. The number of rotatable bonds is 5. The fourth-order valence-corrected chi connectivity index (χ4v) is 2.23. The summed E-state index contributed by atoms with van der Waals surface area (Å²) in [6.45, 7) is 8.39. The van der Waals surface area contributed by atoms with Crippen LogP contribution in [0.4, 0.5) is 0 Å². The second-order valence-corrected chi connectivity index (χ2v) is 5.26. The van der Waals surface area contributed by atoms with Gasteiger partial charge in [-0.2, -0.15) is 0 Å². The third-order valence-electron chi connectivity index (χ3n) is 3.40. The first-order valence-electron chi connectivity index (χ1n) is 6.63. The average Bonchev–Trinajstić information content (AvgIpc) is 2.82. The van der Waals surface area contributed by atoms with Crippen molar-refractivity contribution in [3.63, 3.8) is 0 Å². The van der Waals surface area contributed by atoms with Crippen LogP contribution in [-0.2, 0) is 11.3 Å². The molecule has 2 nitrogen and oxygen atoms in total. The normalized spacial score (nSPS) is 20.1. The molecule has 0 aliphatic carbocycles. The van der Waals surface area contributed by atoms with E-state index in [-0.39, 0.29) is 0 Å². The molecule has 1 aliphatic heterocycles. The molecule has 1 unspecified atom stereocenters. The summed E-state index contributed by atoms with van der Waals surface area (Å²) in [5.41, 5.74) is 2.81. The summed E-state index contributed by atoms with van der Waals surface area (Å²) in [6, 6.07) is 8.87. The first-order chi connectivity index (χ1) is 8.25. The zero-order valence-corrected chi connectivity index (χ0v) is 10.9. The van der Waals surface area contributed by atoms with Gasteiger partial charge in [0.25, 0.3) is 0 Å². The molecule has 1 aromatic rings. The average molecular weight is 233 g/mol. The molecule has 94 valence electrons. The molecule has 1 atom stereocenters. The fraction of sp³-hybridized carbons (Fsp3) is 0.600. The SMILES string of the molecule is CC(C)c1cccc(CNCC2CCOC2)c1. The summed E-state index contributed by atoms with van der Waals surface area (Å²) in [7, 11) is 0. The first kappa shape index (κ1) is 12.6. The predicted molar refractivity (Wildman–Crippen MR) is 71.2 cm³/mol. The van der Waals surface area contributed by atoms with E-state index >= 15 is 0 Å². The van der Waals surface area contributed by atoms with Gasteiger partial charge in [0.2, 0.25) is 0 Å². The van der Waals surface area contributed by atoms with Gasteiger partial charge < -0.3 is 10.1 Å². The van der Waals surface area contributed by atoms with Crippen LogP contribution in [0.1, 0.15) is 37.3 Å². The lowest BCUT2D eigenvalue weighted by atomic mass is 10.0. The van der Waals surface area contributed by atoms with Crippen LogP contribution < -0.4 is 5.32 Å². The fourth-order valence-electron chi connectivity index (χ4n) is 2.23. The highest BCUT2D eigenvalue weighted by atomic mass is 16.5. The van der Waals surface area contributed by atoms with Gasteiger partial charge in [0, 0.05) is 19.7 Å². The number of hydrogen-bond acceptors (Lipinski definition) is 2. The minimum Gasteiger partial charge on any atom is -0.381 e. The molecule has 2 rings (SSSR count). The molecule has 0 bridgehead atoms. The highest BCUT2D eigenvalue weighted by molar-refractivity contribution is 5.25. The van der Waals surface area contributed by atoms with Crippen LogP contribution >= 0.6 is 0 Å². The largest absolute Gasteiger partial charge is 0.381 e. The molecule has 0 aromatic heterocycles. The van der Waals surface area contributed by atoms with Crippen LogP contribution in [0.15, 0.2) is 24.3 Å². The molecule has 1 heterocycles. The maximum atomic E-state index is 5.37. The quantitative estimate of drug-likeness (QED) is 0.844. The van der Waals surface area contributed by atoms with Crippen LogP contribution in [0, 0.1) is 5.92 Å². The van der Waals surface area contributed by atoms with Gasteiger partial charge in [-0.05, 0) is 29.4 Å².